The minimum Gasteiger partial charge on any atom is -0.368 e. The predicted octanol–water partition coefficient (Wildman–Crippen LogP) is 3.42. The van der Waals surface area contributed by atoms with Crippen LogP contribution in [0.2, 0.25) is 0 Å². The molecule has 1 saturated heterocycles. The van der Waals surface area contributed by atoms with E-state index in [-0.39, 0.29) is 11.8 Å². The second kappa shape index (κ2) is 11.1. The topological polar surface area (TPSA) is 90.5 Å². The van der Waals surface area contributed by atoms with Crippen LogP contribution >= 0.6 is 15.9 Å². The smallest absolute Gasteiger partial charge is 0.254 e. The lowest BCUT2D eigenvalue weighted by Gasteiger charge is -2.35. The lowest BCUT2D eigenvalue weighted by atomic mass is 10.2. The molecule has 0 radical (unpaired) electrons. The van der Waals surface area contributed by atoms with Crippen molar-refractivity contribution in [3.05, 3.63) is 70.7 Å². The lowest BCUT2D eigenvalue weighted by Crippen LogP contribution is -2.49. The summed E-state index contributed by atoms with van der Waals surface area (Å²) in [6, 6.07) is 19.2. The van der Waals surface area contributed by atoms with Gasteiger partial charge < -0.3 is 20.4 Å². The van der Waals surface area contributed by atoms with Crippen LogP contribution in [0.4, 0.5) is 11.6 Å². The molecule has 9 heteroatoms. The van der Waals surface area contributed by atoms with Gasteiger partial charge in [-0.2, -0.15) is 0 Å². The predicted molar refractivity (Wildman–Crippen MR) is 137 cm³/mol. The number of hydrogen-bond acceptors (Lipinski definition) is 6. The highest BCUT2D eigenvalue weighted by molar-refractivity contribution is 9.10. The van der Waals surface area contributed by atoms with Crippen LogP contribution in [-0.4, -0.2) is 66.0 Å². The van der Waals surface area contributed by atoms with Crippen molar-refractivity contribution in [2.45, 2.75) is 6.92 Å². The van der Waals surface area contributed by atoms with Crippen molar-refractivity contribution in [2.75, 3.05) is 49.5 Å². The molecular formula is C25H27BrN6O2. The summed E-state index contributed by atoms with van der Waals surface area (Å²) in [4.78, 5) is 37.6. The molecule has 0 aliphatic carbocycles. The molecule has 0 bridgehead atoms. The molecule has 2 aromatic carbocycles. The molecule has 2 heterocycles. The molecule has 2 amide bonds. The molecule has 0 atom stereocenters. The normalized spacial score (nSPS) is 13.5. The van der Waals surface area contributed by atoms with E-state index in [1.807, 2.05) is 65.6 Å². The second-order valence-corrected chi connectivity index (χ2v) is 8.92. The number of benzene rings is 2. The van der Waals surface area contributed by atoms with Crippen molar-refractivity contribution in [1.29, 1.82) is 0 Å². The van der Waals surface area contributed by atoms with Gasteiger partial charge in [-0.3, -0.25) is 9.59 Å². The SMILES string of the molecule is CC(=O)NCCNc1cc(N2CCN(C(=O)c3cccc(Br)c3)CC2)nc(-c2ccccc2)n1. The van der Waals surface area contributed by atoms with Gasteiger partial charge in [-0.1, -0.05) is 52.3 Å². The number of carbonyl (C=O) groups is 2. The minimum absolute atomic E-state index is 0.0361. The minimum atomic E-state index is -0.0644. The van der Waals surface area contributed by atoms with E-state index in [9.17, 15) is 9.59 Å². The highest BCUT2D eigenvalue weighted by Crippen LogP contribution is 2.24. The maximum Gasteiger partial charge on any atom is 0.254 e. The van der Waals surface area contributed by atoms with Gasteiger partial charge in [-0.25, -0.2) is 9.97 Å². The van der Waals surface area contributed by atoms with E-state index in [0.717, 1.165) is 15.9 Å². The zero-order valence-corrected chi connectivity index (χ0v) is 20.6. The Morgan fingerprint density at radius 3 is 2.41 bits per heavy atom. The number of nitrogens with one attached hydrogen (secondary N) is 2. The first kappa shape index (κ1) is 23.7. The monoisotopic (exact) mass is 522 g/mol. The molecule has 3 aromatic rings. The quantitative estimate of drug-likeness (QED) is 0.462. The molecule has 8 nitrogen and oxygen atoms in total. The fourth-order valence-electron chi connectivity index (χ4n) is 3.78. The Bertz CT molecular complexity index is 1150. The summed E-state index contributed by atoms with van der Waals surface area (Å²) in [5.41, 5.74) is 1.61. The van der Waals surface area contributed by atoms with E-state index in [4.69, 9.17) is 4.98 Å². The highest BCUT2D eigenvalue weighted by Gasteiger charge is 2.24. The molecular weight excluding hydrogens is 496 g/mol. The first-order valence-corrected chi connectivity index (χ1v) is 12.0. The number of halogens is 1. The van der Waals surface area contributed by atoms with Crippen LogP contribution in [0.5, 0.6) is 0 Å². The summed E-state index contributed by atoms with van der Waals surface area (Å²) in [5, 5.41) is 6.06. The maximum atomic E-state index is 12.9. The number of carbonyl (C=O) groups excluding carboxylic acids is 2. The average Bonchev–Trinajstić information content (AvgIpc) is 2.86. The number of anilines is 2. The highest BCUT2D eigenvalue weighted by atomic mass is 79.9. The van der Waals surface area contributed by atoms with Gasteiger partial charge in [0, 0.05) is 67.9 Å². The van der Waals surface area contributed by atoms with E-state index < -0.39 is 0 Å². The Hall–Kier alpha value is -3.46. The van der Waals surface area contributed by atoms with Crippen molar-refractivity contribution < 1.29 is 9.59 Å². The van der Waals surface area contributed by atoms with Crippen LogP contribution in [0.3, 0.4) is 0 Å². The van der Waals surface area contributed by atoms with Crippen LogP contribution in [0, 0.1) is 0 Å². The number of hydrogen-bond donors (Lipinski definition) is 2. The number of rotatable bonds is 7. The summed E-state index contributed by atoms with van der Waals surface area (Å²) in [6.07, 6.45) is 0. The summed E-state index contributed by atoms with van der Waals surface area (Å²) in [6.45, 7) is 5.14. The summed E-state index contributed by atoms with van der Waals surface area (Å²) < 4.78 is 0.893. The van der Waals surface area contributed by atoms with Gasteiger partial charge in [0.1, 0.15) is 11.6 Å². The van der Waals surface area contributed by atoms with Crippen LogP contribution in [0.15, 0.2) is 65.1 Å². The average molecular weight is 523 g/mol. The van der Waals surface area contributed by atoms with Gasteiger partial charge in [0.05, 0.1) is 0 Å². The third kappa shape index (κ3) is 6.11. The number of amides is 2. The number of piperazine rings is 1. The third-order valence-electron chi connectivity index (χ3n) is 5.51. The molecule has 0 saturated carbocycles. The molecule has 2 N–H and O–H groups in total. The van der Waals surface area contributed by atoms with E-state index in [1.165, 1.54) is 6.92 Å². The van der Waals surface area contributed by atoms with E-state index in [0.29, 0.717) is 56.5 Å². The fourth-order valence-corrected chi connectivity index (χ4v) is 4.17. The fraction of sp³-hybridized carbons (Fsp3) is 0.280. The Kier molecular flexibility index (Phi) is 7.74. The second-order valence-electron chi connectivity index (χ2n) is 8.00. The Balaban J connectivity index is 1.48. The molecule has 176 valence electrons. The maximum absolute atomic E-state index is 12.9. The molecule has 1 fully saturated rings. The van der Waals surface area contributed by atoms with Crippen molar-refractivity contribution in [3.63, 3.8) is 0 Å². The van der Waals surface area contributed by atoms with Crippen LogP contribution < -0.4 is 15.5 Å². The lowest BCUT2D eigenvalue weighted by molar-refractivity contribution is -0.118. The standard InChI is InChI=1S/C25H27BrN6O2/c1-18(33)27-10-11-28-22-17-23(30-24(29-22)19-6-3-2-4-7-19)31-12-14-32(15-13-31)25(34)20-8-5-9-21(26)16-20/h2-9,16-17H,10-15H2,1H3,(H,27,33)(H,28,29,30). The number of aromatic nitrogens is 2. The molecule has 1 aliphatic heterocycles. The molecule has 34 heavy (non-hydrogen) atoms. The van der Waals surface area contributed by atoms with E-state index in [2.05, 4.69) is 36.4 Å². The van der Waals surface area contributed by atoms with Crippen LogP contribution in [-0.2, 0) is 4.79 Å². The van der Waals surface area contributed by atoms with Gasteiger partial charge in [0.25, 0.3) is 5.91 Å². The first-order valence-electron chi connectivity index (χ1n) is 11.2. The molecule has 1 aromatic heterocycles. The van der Waals surface area contributed by atoms with E-state index >= 15 is 0 Å². The summed E-state index contributed by atoms with van der Waals surface area (Å²) in [5.74, 6) is 2.11. The zero-order chi connectivity index (χ0) is 23.9. The Morgan fingerprint density at radius 1 is 0.941 bits per heavy atom. The summed E-state index contributed by atoms with van der Waals surface area (Å²) >= 11 is 3.44. The summed E-state index contributed by atoms with van der Waals surface area (Å²) in [7, 11) is 0. The first-order chi connectivity index (χ1) is 16.5. The largest absolute Gasteiger partial charge is 0.368 e. The number of nitrogens with zero attached hydrogens (tertiary/aromatic N) is 4. The van der Waals surface area contributed by atoms with Crippen LogP contribution in [0.25, 0.3) is 11.4 Å². The van der Waals surface area contributed by atoms with Crippen molar-refractivity contribution in [2.24, 2.45) is 0 Å². The van der Waals surface area contributed by atoms with Crippen LogP contribution in [0.1, 0.15) is 17.3 Å². The molecule has 4 rings (SSSR count). The van der Waals surface area contributed by atoms with Gasteiger partial charge in [0.15, 0.2) is 5.82 Å². The third-order valence-corrected chi connectivity index (χ3v) is 6.01. The van der Waals surface area contributed by atoms with E-state index in [1.54, 1.807) is 0 Å². The molecule has 0 unspecified atom stereocenters. The van der Waals surface area contributed by atoms with Crippen molar-refractivity contribution in [3.8, 4) is 11.4 Å². The van der Waals surface area contributed by atoms with Gasteiger partial charge in [-0.15, -0.1) is 0 Å². The molecule has 0 spiro atoms. The Labute approximate surface area is 207 Å². The zero-order valence-electron chi connectivity index (χ0n) is 19.0. The van der Waals surface area contributed by atoms with Gasteiger partial charge in [-0.05, 0) is 18.2 Å². The van der Waals surface area contributed by atoms with Gasteiger partial charge >= 0.3 is 0 Å². The van der Waals surface area contributed by atoms with Crippen molar-refractivity contribution in [1.82, 2.24) is 20.2 Å². The Morgan fingerprint density at radius 2 is 1.71 bits per heavy atom. The van der Waals surface area contributed by atoms with Gasteiger partial charge in [0.2, 0.25) is 5.91 Å². The van der Waals surface area contributed by atoms with Crippen molar-refractivity contribution >= 4 is 39.4 Å². The molecule has 1 aliphatic rings.